The van der Waals surface area contributed by atoms with Crippen molar-refractivity contribution in [3.05, 3.63) is 92.5 Å². The van der Waals surface area contributed by atoms with Crippen molar-refractivity contribution in [2.24, 2.45) is 0 Å². The van der Waals surface area contributed by atoms with E-state index in [1.54, 1.807) is 44.2 Å². The first kappa shape index (κ1) is 20.5. The number of rotatable bonds is 3. The molecule has 3 aromatic rings. The molecule has 1 heterocycles. The number of hydrogen-bond donors (Lipinski definition) is 3. The monoisotopic (exact) mass is 418 g/mol. The van der Waals surface area contributed by atoms with Gasteiger partial charge in [-0.25, -0.2) is 9.59 Å². The van der Waals surface area contributed by atoms with Crippen LogP contribution < -0.4 is 0 Å². The van der Waals surface area contributed by atoms with Gasteiger partial charge in [-0.1, -0.05) is 18.2 Å². The first-order chi connectivity index (χ1) is 14.6. The lowest BCUT2D eigenvalue weighted by molar-refractivity contribution is 0.0246. The van der Waals surface area contributed by atoms with Crippen molar-refractivity contribution in [3.63, 3.8) is 0 Å². The number of carbonyl (C=O) groups excluding carboxylic acids is 1. The van der Waals surface area contributed by atoms with Gasteiger partial charge in [0.2, 0.25) is 0 Å². The molecule has 0 fully saturated rings. The van der Waals surface area contributed by atoms with Crippen LogP contribution in [0.1, 0.15) is 59.7 Å². The zero-order chi connectivity index (χ0) is 22.7. The molecule has 1 aliphatic rings. The van der Waals surface area contributed by atoms with Crippen molar-refractivity contribution in [2.75, 3.05) is 0 Å². The quantitative estimate of drug-likeness (QED) is 0.542. The first-order valence-corrected chi connectivity index (χ1v) is 9.78. The number of aromatic carboxylic acids is 1. The summed E-state index contributed by atoms with van der Waals surface area (Å²) in [7, 11) is 0. The highest BCUT2D eigenvalue weighted by Crippen LogP contribution is 2.51. The Balaban J connectivity index is 2.14. The van der Waals surface area contributed by atoms with Crippen molar-refractivity contribution in [1.29, 1.82) is 0 Å². The highest BCUT2D eigenvalue weighted by molar-refractivity contribution is 5.99. The maximum Gasteiger partial charge on any atom is 0.340 e. The molecule has 1 aliphatic heterocycles. The van der Waals surface area contributed by atoms with Gasteiger partial charge < -0.3 is 20.1 Å². The van der Waals surface area contributed by atoms with Crippen LogP contribution >= 0.6 is 0 Å². The standard InChI is InChI=1S/C25H22O6/c1-12-7-14(3)21(26)10-19(12)25(20-11-22(27)15(4)8-13(20)2)18-6-5-16(23(28)29)9-17(18)24(30)31-25/h5-11,26-27H,1-4H3,(H,28,29). The third-order valence-electron chi connectivity index (χ3n) is 5.96. The molecule has 158 valence electrons. The number of phenols is 2. The average Bonchev–Trinajstić information content (AvgIpc) is 3.00. The highest BCUT2D eigenvalue weighted by atomic mass is 16.6. The van der Waals surface area contributed by atoms with Crippen LogP contribution in [0.3, 0.4) is 0 Å². The minimum atomic E-state index is -1.45. The molecule has 0 radical (unpaired) electrons. The number of aromatic hydroxyl groups is 2. The number of esters is 1. The summed E-state index contributed by atoms with van der Waals surface area (Å²) in [5, 5.41) is 30.3. The molecule has 3 N–H and O–H groups in total. The van der Waals surface area contributed by atoms with Crippen molar-refractivity contribution in [2.45, 2.75) is 33.3 Å². The molecule has 6 nitrogen and oxygen atoms in total. The van der Waals surface area contributed by atoms with E-state index in [1.807, 2.05) is 13.8 Å². The number of benzene rings is 3. The van der Waals surface area contributed by atoms with Gasteiger partial charge in [0.25, 0.3) is 0 Å². The van der Waals surface area contributed by atoms with E-state index in [2.05, 4.69) is 0 Å². The molecule has 0 amide bonds. The van der Waals surface area contributed by atoms with Crippen molar-refractivity contribution in [1.82, 2.24) is 0 Å². The van der Waals surface area contributed by atoms with Crippen molar-refractivity contribution in [3.8, 4) is 11.5 Å². The minimum Gasteiger partial charge on any atom is -0.508 e. The molecule has 6 heteroatoms. The maximum atomic E-state index is 13.0. The summed E-state index contributed by atoms with van der Waals surface area (Å²) >= 11 is 0. The summed E-state index contributed by atoms with van der Waals surface area (Å²) in [4.78, 5) is 24.5. The van der Waals surface area contributed by atoms with Crippen molar-refractivity contribution >= 4 is 11.9 Å². The maximum absolute atomic E-state index is 13.0. The zero-order valence-electron chi connectivity index (χ0n) is 17.6. The van der Waals surface area contributed by atoms with Crippen LogP contribution in [-0.4, -0.2) is 27.3 Å². The molecule has 31 heavy (non-hydrogen) atoms. The molecule has 0 saturated carbocycles. The Morgan fingerprint density at radius 1 is 0.774 bits per heavy atom. The number of hydrogen-bond acceptors (Lipinski definition) is 5. The summed E-state index contributed by atoms with van der Waals surface area (Å²) in [6.45, 7) is 7.25. The van der Waals surface area contributed by atoms with Gasteiger partial charge in [0.05, 0.1) is 11.1 Å². The molecule has 0 unspecified atom stereocenters. The average molecular weight is 418 g/mol. The van der Waals surface area contributed by atoms with E-state index in [0.29, 0.717) is 27.8 Å². The largest absolute Gasteiger partial charge is 0.508 e. The predicted octanol–water partition coefficient (Wildman–Crippen LogP) is 4.49. The van der Waals surface area contributed by atoms with Crippen LogP contribution in [0.15, 0.2) is 42.5 Å². The van der Waals surface area contributed by atoms with Gasteiger partial charge in [0.15, 0.2) is 5.60 Å². The van der Waals surface area contributed by atoms with Gasteiger partial charge in [-0.15, -0.1) is 0 Å². The Labute approximate surface area is 179 Å². The van der Waals surface area contributed by atoms with E-state index < -0.39 is 17.5 Å². The van der Waals surface area contributed by atoms with Crippen LogP contribution in [0.5, 0.6) is 11.5 Å². The Bertz CT molecular complexity index is 1210. The van der Waals surface area contributed by atoms with E-state index in [9.17, 15) is 24.9 Å². The minimum absolute atomic E-state index is 0.0292. The second-order valence-corrected chi connectivity index (χ2v) is 8.04. The van der Waals surface area contributed by atoms with Crippen molar-refractivity contribution < 1.29 is 29.6 Å². The number of carboxylic acids is 1. The number of cyclic esters (lactones) is 1. The van der Waals surface area contributed by atoms with Crippen LogP contribution in [0.2, 0.25) is 0 Å². The van der Waals surface area contributed by atoms with Crippen LogP contribution in [0, 0.1) is 27.7 Å². The van der Waals surface area contributed by atoms with Crippen LogP contribution in [0.25, 0.3) is 0 Å². The number of carbonyl (C=O) groups is 2. The van der Waals surface area contributed by atoms with Gasteiger partial charge in [0.1, 0.15) is 11.5 Å². The SMILES string of the molecule is Cc1cc(C)c(C2(c3cc(O)c(C)cc3C)OC(=O)c3cc(C(=O)O)ccc32)cc1O. The summed E-state index contributed by atoms with van der Waals surface area (Å²) in [5.41, 5.74) is 3.09. The summed E-state index contributed by atoms with van der Waals surface area (Å²) in [5.74, 6) is -1.74. The molecule has 0 bridgehead atoms. The topological polar surface area (TPSA) is 104 Å². The second kappa shape index (κ2) is 6.87. The van der Waals surface area contributed by atoms with E-state index in [0.717, 1.165) is 11.1 Å². The number of ether oxygens (including phenoxy) is 1. The molecule has 3 aromatic carbocycles. The molecule has 0 aromatic heterocycles. The lowest BCUT2D eigenvalue weighted by Crippen LogP contribution is -2.31. The summed E-state index contributed by atoms with van der Waals surface area (Å²) in [6.07, 6.45) is 0. The molecule has 0 atom stereocenters. The molecular formula is C25H22O6. The predicted molar refractivity (Wildman–Crippen MR) is 114 cm³/mol. The number of fused-ring (bicyclic) bond motifs is 1. The summed E-state index contributed by atoms with van der Waals surface area (Å²) < 4.78 is 6.02. The van der Waals surface area contributed by atoms with Gasteiger partial charge in [0, 0.05) is 16.7 Å². The second-order valence-electron chi connectivity index (χ2n) is 8.04. The Morgan fingerprint density at radius 2 is 1.29 bits per heavy atom. The van der Waals surface area contributed by atoms with E-state index in [1.165, 1.54) is 12.1 Å². The fraction of sp³-hybridized carbons (Fsp3) is 0.200. The molecule has 0 aliphatic carbocycles. The zero-order valence-corrected chi connectivity index (χ0v) is 17.6. The molecule has 4 rings (SSSR count). The highest BCUT2D eigenvalue weighted by Gasteiger charge is 2.50. The molecule has 0 saturated heterocycles. The number of aryl methyl sites for hydroxylation is 4. The third kappa shape index (κ3) is 2.94. The van der Waals surface area contributed by atoms with Gasteiger partial charge >= 0.3 is 11.9 Å². The fourth-order valence-electron chi connectivity index (χ4n) is 4.39. The number of phenolic OH excluding ortho intramolecular Hbond substituents is 2. The molecule has 0 spiro atoms. The molecular weight excluding hydrogens is 396 g/mol. The van der Waals surface area contributed by atoms with E-state index in [4.69, 9.17) is 4.74 Å². The van der Waals surface area contributed by atoms with E-state index in [-0.39, 0.29) is 22.6 Å². The van der Waals surface area contributed by atoms with Gasteiger partial charge in [-0.3, -0.25) is 0 Å². The first-order valence-electron chi connectivity index (χ1n) is 9.78. The van der Waals surface area contributed by atoms with Gasteiger partial charge in [-0.05, 0) is 74.2 Å². The lowest BCUT2D eigenvalue weighted by Gasteiger charge is -2.33. The Hall–Kier alpha value is -3.80. The fourth-order valence-corrected chi connectivity index (χ4v) is 4.39. The third-order valence-corrected chi connectivity index (χ3v) is 5.96. The van der Waals surface area contributed by atoms with Crippen LogP contribution in [-0.2, 0) is 10.3 Å². The lowest BCUT2D eigenvalue weighted by atomic mass is 9.75. The summed E-state index contributed by atoms with van der Waals surface area (Å²) in [6, 6.07) is 11.0. The number of carboxylic acid groups (broad SMARTS) is 1. The normalized spacial score (nSPS) is 14.3. The Morgan fingerprint density at radius 3 is 1.77 bits per heavy atom. The van der Waals surface area contributed by atoms with Crippen LogP contribution in [0.4, 0.5) is 0 Å². The van der Waals surface area contributed by atoms with E-state index >= 15 is 0 Å². The van der Waals surface area contributed by atoms with Gasteiger partial charge in [-0.2, -0.15) is 0 Å². The Kier molecular flexibility index (Phi) is 4.54. The smallest absolute Gasteiger partial charge is 0.340 e.